The number of ether oxygens (including phenoxy) is 1. The van der Waals surface area contributed by atoms with Crippen LogP contribution in [-0.2, 0) is 0 Å². The molecule has 2 amide bonds. The molecule has 5 nitrogen and oxygen atoms in total. The van der Waals surface area contributed by atoms with Crippen LogP contribution in [0.1, 0.15) is 18.5 Å². The molecule has 2 aromatic carbocycles. The minimum atomic E-state index is -0.425. The summed E-state index contributed by atoms with van der Waals surface area (Å²) in [6, 6.07) is 12.1. The molecule has 0 fully saturated rings. The van der Waals surface area contributed by atoms with Crippen LogP contribution in [0.4, 0.5) is 10.5 Å². The third kappa shape index (κ3) is 2.30. The summed E-state index contributed by atoms with van der Waals surface area (Å²) < 4.78 is 5.93. The quantitative estimate of drug-likeness (QED) is 0.444. The summed E-state index contributed by atoms with van der Waals surface area (Å²) in [7, 11) is 0. The highest BCUT2D eigenvalue weighted by molar-refractivity contribution is 6.31. The van der Waals surface area contributed by atoms with Crippen LogP contribution in [-0.4, -0.2) is 6.03 Å². The molecule has 2 aromatic rings. The third-order valence-electron chi connectivity index (χ3n) is 3.50. The normalized spacial score (nSPS) is 16.3. The zero-order valence-corrected chi connectivity index (χ0v) is 12.1. The predicted octanol–water partition coefficient (Wildman–Crippen LogP) is 3.60. The fraction of sp³-hybridized carbons (Fsp3) is 0.133. The number of nitrogens with two attached hydrogens (primary N) is 1. The lowest BCUT2D eigenvalue weighted by molar-refractivity contribution is 0.244. The average Bonchev–Trinajstić information content (AvgIpc) is 2.61. The van der Waals surface area contributed by atoms with Crippen molar-refractivity contribution in [3.63, 3.8) is 0 Å². The van der Waals surface area contributed by atoms with Gasteiger partial charge in [-0.25, -0.2) is 10.6 Å². The van der Waals surface area contributed by atoms with E-state index in [4.69, 9.17) is 22.2 Å². The van der Waals surface area contributed by atoms with Crippen LogP contribution < -0.4 is 20.9 Å². The molecule has 0 saturated heterocycles. The van der Waals surface area contributed by atoms with Gasteiger partial charge in [0.1, 0.15) is 5.75 Å². The Labute approximate surface area is 127 Å². The first-order chi connectivity index (χ1) is 10.1. The third-order valence-corrected chi connectivity index (χ3v) is 3.73. The Morgan fingerprint density at radius 1 is 1.29 bits per heavy atom. The van der Waals surface area contributed by atoms with Gasteiger partial charge in [0, 0.05) is 10.6 Å². The number of carbonyl (C=O) groups is 1. The van der Waals surface area contributed by atoms with Crippen molar-refractivity contribution in [2.45, 2.75) is 13.0 Å². The smallest absolute Gasteiger partial charge is 0.336 e. The molecule has 108 valence electrons. The Hall–Kier alpha value is -2.24. The number of hydrogen-bond acceptors (Lipinski definition) is 3. The van der Waals surface area contributed by atoms with Crippen LogP contribution in [0.2, 0.25) is 5.02 Å². The molecule has 1 aliphatic rings. The summed E-state index contributed by atoms with van der Waals surface area (Å²) in [5.41, 5.74) is 3.65. The molecule has 0 bridgehead atoms. The zero-order chi connectivity index (χ0) is 15.0. The monoisotopic (exact) mass is 303 g/mol. The van der Waals surface area contributed by atoms with Gasteiger partial charge in [-0.3, -0.25) is 10.3 Å². The number of fused-ring (bicyclic) bond motifs is 2. The van der Waals surface area contributed by atoms with E-state index in [1.54, 1.807) is 18.2 Å². The SMILES string of the molecule is CC1c2ccccc2Oc2ccc(Cl)cc2N1C(=O)NN. The number of benzene rings is 2. The molecule has 0 aliphatic carbocycles. The Morgan fingerprint density at radius 2 is 2.05 bits per heavy atom. The highest BCUT2D eigenvalue weighted by Gasteiger charge is 2.31. The maximum atomic E-state index is 12.2. The number of urea groups is 1. The lowest BCUT2D eigenvalue weighted by Gasteiger charge is -2.27. The standard InChI is InChI=1S/C15H14ClN3O2/c1-9-11-4-2-3-5-13(11)21-14-7-6-10(16)8-12(14)19(9)15(20)18-17/h2-9H,17H2,1H3,(H,18,20). The Balaban J connectivity index is 2.23. The molecule has 6 heteroatoms. The predicted molar refractivity (Wildman–Crippen MR) is 81.6 cm³/mol. The topological polar surface area (TPSA) is 67.6 Å². The van der Waals surface area contributed by atoms with Crippen molar-refractivity contribution in [1.29, 1.82) is 0 Å². The van der Waals surface area contributed by atoms with E-state index in [0.717, 1.165) is 5.56 Å². The molecule has 1 atom stereocenters. The summed E-state index contributed by atoms with van der Waals surface area (Å²) >= 11 is 6.06. The van der Waals surface area contributed by atoms with Crippen molar-refractivity contribution in [3.8, 4) is 11.5 Å². The molecule has 0 radical (unpaired) electrons. The summed E-state index contributed by atoms with van der Waals surface area (Å²) in [5, 5.41) is 0.519. The second-order valence-electron chi connectivity index (χ2n) is 4.75. The Kier molecular flexibility index (Phi) is 3.45. The molecule has 1 heterocycles. The van der Waals surface area contributed by atoms with Crippen LogP contribution in [0, 0.1) is 0 Å². The molecule has 1 aliphatic heterocycles. The molecule has 1 unspecified atom stereocenters. The van der Waals surface area contributed by atoms with E-state index in [1.165, 1.54) is 4.90 Å². The van der Waals surface area contributed by atoms with Crippen molar-refractivity contribution in [2.24, 2.45) is 5.84 Å². The molecule has 3 rings (SSSR count). The highest BCUT2D eigenvalue weighted by Crippen LogP contribution is 2.44. The van der Waals surface area contributed by atoms with Gasteiger partial charge in [0.2, 0.25) is 0 Å². The zero-order valence-electron chi connectivity index (χ0n) is 11.3. The second kappa shape index (κ2) is 5.27. The second-order valence-corrected chi connectivity index (χ2v) is 5.18. The fourth-order valence-electron chi connectivity index (χ4n) is 2.50. The van der Waals surface area contributed by atoms with Gasteiger partial charge in [-0.05, 0) is 31.2 Å². The van der Waals surface area contributed by atoms with E-state index in [9.17, 15) is 4.79 Å². The van der Waals surface area contributed by atoms with Gasteiger partial charge >= 0.3 is 6.03 Å². The summed E-state index contributed by atoms with van der Waals surface area (Å²) in [6.45, 7) is 1.91. The highest BCUT2D eigenvalue weighted by atomic mass is 35.5. The first-order valence-electron chi connectivity index (χ1n) is 6.48. The molecule has 0 spiro atoms. The molecule has 0 saturated carbocycles. The molecular weight excluding hydrogens is 290 g/mol. The van der Waals surface area contributed by atoms with E-state index in [-0.39, 0.29) is 6.04 Å². The van der Waals surface area contributed by atoms with E-state index in [2.05, 4.69) is 5.43 Å². The largest absolute Gasteiger partial charge is 0.455 e. The van der Waals surface area contributed by atoms with Crippen molar-refractivity contribution in [3.05, 3.63) is 53.1 Å². The van der Waals surface area contributed by atoms with Gasteiger partial charge in [0.15, 0.2) is 5.75 Å². The number of carbonyl (C=O) groups excluding carboxylic acids is 1. The van der Waals surface area contributed by atoms with Gasteiger partial charge in [-0.2, -0.15) is 0 Å². The molecule has 21 heavy (non-hydrogen) atoms. The van der Waals surface area contributed by atoms with E-state index in [1.807, 2.05) is 31.2 Å². The van der Waals surface area contributed by atoms with Crippen LogP contribution in [0.3, 0.4) is 0 Å². The van der Waals surface area contributed by atoms with E-state index >= 15 is 0 Å². The van der Waals surface area contributed by atoms with Crippen LogP contribution in [0.15, 0.2) is 42.5 Å². The van der Waals surface area contributed by atoms with Gasteiger partial charge in [0.25, 0.3) is 0 Å². The number of nitrogens with zero attached hydrogens (tertiary/aromatic N) is 1. The molecule has 3 N–H and O–H groups in total. The Bertz CT molecular complexity index is 705. The number of para-hydroxylation sites is 1. The minimum Gasteiger partial charge on any atom is -0.455 e. The molecular formula is C15H14ClN3O2. The number of anilines is 1. The summed E-state index contributed by atoms with van der Waals surface area (Å²) in [4.78, 5) is 13.7. The van der Waals surface area contributed by atoms with Gasteiger partial charge in [-0.15, -0.1) is 0 Å². The first-order valence-corrected chi connectivity index (χ1v) is 6.85. The van der Waals surface area contributed by atoms with Crippen molar-refractivity contribution in [1.82, 2.24) is 5.43 Å². The molecule has 0 aromatic heterocycles. The van der Waals surface area contributed by atoms with Crippen LogP contribution in [0.5, 0.6) is 11.5 Å². The van der Waals surface area contributed by atoms with Crippen LogP contribution >= 0.6 is 11.6 Å². The van der Waals surface area contributed by atoms with Gasteiger partial charge < -0.3 is 4.74 Å². The maximum Gasteiger partial charge on any atom is 0.336 e. The van der Waals surface area contributed by atoms with Crippen LogP contribution in [0.25, 0.3) is 0 Å². The number of nitrogens with one attached hydrogen (secondary N) is 1. The lowest BCUT2D eigenvalue weighted by atomic mass is 10.1. The minimum absolute atomic E-state index is 0.246. The van der Waals surface area contributed by atoms with Crippen molar-refractivity contribution in [2.75, 3.05) is 4.90 Å². The number of halogens is 1. The van der Waals surface area contributed by atoms with Gasteiger partial charge in [0.05, 0.1) is 11.7 Å². The number of rotatable bonds is 0. The number of hydrazine groups is 1. The van der Waals surface area contributed by atoms with E-state index in [0.29, 0.717) is 22.2 Å². The summed E-state index contributed by atoms with van der Waals surface area (Å²) in [6.07, 6.45) is 0. The van der Waals surface area contributed by atoms with Crippen molar-refractivity contribution >= 4 is 23.3 Å². The number of hydrogen-bond donors (Lipinski definition) is 2. The van der Waals surface area contributed by atoms with E-state index < -0.39 is 6.03 Å². The maximum absolute atomic E-state index is 12.2. The average molecular weight is 304 g/mol. The fourth-order valence-corrected chi connectivity index (χ4v) is 2.67. The summed E-state index contributed by atoms with van der Waals surface area (Å²) in [5.74, 6) is 6.58. The van der Waals surface area contributed by atoms with Crippen molar-refractivity contribution < 1.29 is 9.53 Å². The number of amides is 2. The van der Waals surface area contributed by atoms with Gasteiger partial charge in [-0.1, -0.05) is 29.8 Å². The first kappa shape index (κ1) is 13.7. The Morgan fingerprint density at radius 3 is 2.81 bits per heavy atom. The lowest BCUT2D eigenvalue weighted by Crippen LogP contribution is -2.44.